The molecule has 4 heterocycles. The smallest absolute Gasteiger partial charge is 0.343 e. The Kier molecular flexibility index (Phi) is 7.43. The normalized spacial score (nSPS) is 11.2. The highest BCUT2D eigenvalue weighted by Gasteiger charge is 2.23. The molecule has 39 heavy (non-hydrogen) atoms. The minimum atomic E-state index is -0.545. The highest BCUT2D eigenvalue weighted by atomic mass is 16.5. The number of ether oxygens (including phenoxy) is 1. The number of pyridine rings is 1. The van der Waals surface area contributed by atoms with Crippen LogP contribution in [0, 0.1) is 0 Å². The summed E-state index contributed by atoms with van der Waals surface area (Å²) < 4.78 is 9.77. The third-order valence-electron chi connectivity index (χ3n) is 6.53. The maximum Gasteiger partial charge on any atom is 0.343 e. The van der Waals surface area contributed by atoms with Crippen LogP contribution in [0.2, 0.25) is 0 Å². The van der Waals surface area contributed by atoms with Crippen LogP contribution in [0.5, 0.6) is 0 Å². The zero-order valence-electron chi connectivity index (χ0n) is 22.0. The van der Waals surface area contributed by atoms with Crippen molar-refractivity contribution in [2.24, 2.45) is 0 Å². The predicted octanol–water partition coefficient (Wildman–Crippen LogP) is 3.28. The predicted molar refractivity (Wildman–Crippen MR) is 143 cm³/mol. The Labute approximate surface area is 224 Å². The Balaban J connectivity index is 1.54. The number of hydrogen-bond donors (Lipinski definition) is 1. The molecule has 0 atom stereocenters. The molecule has 0 spiro atoms. The summed E-state index contributed by atoms with van der Waals surface area (Å²) in [4.78, 5) is 30.8. The number of imidazole rings is 1. The number of H-pyrrole nitrogens is 1. The first kappa shape index (κ1) is 25.8. The lowest BCUT2D eigenvalue weighted by Crippen LogP contribution is -2.27. The molecular weight excluding hydrogens is 498 g/mol. The van der Waals surface area contributed by atoms with Gasteiger partial charge in [-0.1, -0.05) is 31.5 Å². The molecule has 0 aliphatic heterocycles. The van der Waals surface area contributed by atoms with E-state index in [9.17, 15) is 9.59 Å². The molecule has 5 rings (SSSR count). The molecule has 5 aromatic rings. The number of aromatic amines is 1. The minimum absolute atomic E-state index is 0.238. The number of unbranched alkanes of at least 4 members (excludes halogenated alkanes) is 1. The molecule has 0 radical (unpaired) electrons. The molecule has 200 valence electrons. The van der Waals surface area contributed by atoms with Crippen LogP contribution in [0.15, 0.2) is 59.8 Å². The van der Waals surface area contributed by atoms with Crippen molar-refractivity contribution in [1.82, 2.24) is 44.5 Å². The molecule has 12 nitrogen and oxygen atoms in total. The lowest BCUT2D eigenvalue weighted by atomic mass is 10.0. The summed E-state index contributed by atoms with van der Waals surface area (Å²) in [7, 11) is 1.31. The molecule has 0 aliphatic carbocycles. The van der Waals surface area contributed by atoms with Gasteiger partial charge in [-0.05, 0) is 54.3 Å². The van der Waals surface area contributed by atoms with Gasteiger partial charge in [0.1, 0.15) is 5.56 Å². The molecule has 0 amide bonds. The molecule has 0 fully saturated rings. The van der Waals surface area contributed by atoms with Gasteiger partial charge in [0.05, 0.1) is 25.5 Å². The number of aromatic nitrogens is 9. The van der Waals surface area contributed by atoms with Crippen LogP contribution in [-0.4, -0.2) is 57.6 Å². The second-order valence-electron chi connectivity index (χ2n) is 9.00. The van der Waals surface area contributed by atoms with E-state index in [-0.39, 0.29) is 17.8 Å². The van der Waals surface area contributed by atoms with E-state index in [1.54, 1.807) is 21.6 Å². The van der Waals surface area contributed by atoms with Gasteiger partial charge in [0, 0.05) is 30.2 Å². The molecule has 0 unspecified atom stereocenters. The number of nitrogens with zero attached hydrogens (tertiary/aromatic N) is 8. The number of esters is 1. The molecule has 1 N–H and O–H groups in total. The van der Waals surface area contributed by atoms with Crippen LogP contribution in [-0.2, 0) is 24.2 Å². The fraction of sp³-hybridized carbons (Fsp3) is 0.296. The van der Waals surface area contributed by atoms with E-state index in [2.05, 4.69) is 37.6 Å². The first-order valence-corrected chi connectivity index (χ1v) is 12.8. The number of rotatable bonds is 10. The molecular formula is C27H29N9O3. The average Bonchev–Trinajstić information content (AvgIpc) is 3.72. The van der Waals surface area contributed by atoms with Crippen molar-refractivity contribution in [1.29, 1.82) is 0 Å². The maximum atomic E-state index is 13.8. The van der Waals surface area contributed by atoms with E-state index in [0.29, 0.717) is 24.6 Å². The van der Waals surface area contributed by atoms with E-state index in [1.165, 1.54) is 17.9 Å². The van der Waals surface area contributed by atoms with Crippen LogP contribution in [0.4, 0.5) is 0 Å². The summed E-state index contributed by atoms with van der Waals surface area (Å²) >= 11 is 0. The van der Waals surface area contributed by atoms with Crippen molar-refractivity contribution < 1.29 is 9.53 Å². The zero-order chi connectivity index (χ0) is 27.4. The second-order valence-corrected chi connectivity index (χ2v) is 9.00. The number of carbonyl (C=O) groups is 1. The summed E-state index contributed by atoms with van der Waals surface area (Å²) in [6, 6.07) is 11.7. The number of hydrogen-bond acceptors (Lipinski definition) is 8. The summed E-state index contributed by atoms with van der Waals surface area (Å²) in [5, 5.41) is 18.5. The number of methoxy groups -OCH3 is 1. The Morgan fingerprint density at radius 3 is 2.67 bits per heavy atom. The van der Waals surface area contributed by atoms with Gasteiger partial charge in [0.25, 0.3) is 0 Å². The van der Waals surface area contributed by atoms with E-state index >= 15 is 0 Å². The largest absolute Gasteiger partial charge is 0.465 e. The van der Waals surface area contributed by atoms with Gasteiger partial charge in [-0.25, -0.2) is 14.3 Å². The van der Waals surface area contributed by atoms with E-state index in [4.69, 9.17) is 4.74 Å². The molecule has 0 aliphatic rings. The van der Waals surface area contributed by atoms with Crippen LogP contribution >= 0.6 is 0 Å². The van der Waals surface area contributed by atoms with Gasteiger partial charge in [-0.3, -0.25) is 14.1 Å². The number of benzene rings is 1. The molecule has 4 aromatic heterocycles. The van der Waals surface area contributed by atoms with E-state index < -0.39 is 5.97 Å². The quantitative estimate of drug-likeness (QED) is 0.273. The Bertz CT molecular complexity index is 1650. The zero-order valence-corrected chi connectivity index (χ0v) is 22.0. The van der Waals surface area contributed by atoms with Crippen molar-refractivity contribution in [2.75, 3.05) is 7.11 Å². The standard InChI is InChI=1S/C27H29N9O3/c1-4-6-10-22-17-35(25-23(26(37)39-3)15-29-36(25)5-2)27(38)34(22)16-21-14-19(11-12-28-21)18-8-7-9-20(13-18)24-30-32-33-31-24/h7-9,11-15,17H,4-6,10,16H2,1-3H3,(H,30,31,32,33). The summed E-state index contributed by atoms with van der Waals surface area (Å²) in [6.45, 7) is 4.77. The highest BCUT2D eigenvalue weighted by molar-refractivity contribution is 5.92. The van der Waals surface area contributed by atoms with Crippen molar-refractivity contribution >= 4 is 5.97 Å². The number of tetrazole rings is 1. The number of nitrogens with one attached hydrogen (secondary N) is 1. The van der Waals surface area contributed by atoms with E-state index in [1.807, 2.05) is 43.3 Å². The van der Waals surface area contributed by atoms with Gasteiger partial charge in [-0.2, -0.15) is 10.3 Å². The van der Waals surface area contributed by atoms with Crippen LogP contribution in [0.3, 0.4) is 0 Å². The van der Waals surface area contributed by atoms with Crippen LogP contribution < -0.4 is 5.69 Å². The minimum Gasteiger partial charge on any atom is -0.465 e. The average molecular weight is 528 g/mol. The lowest BCUT2D eigenvalue weighted by molar-refractivity contribution is 0.0600. The molecule has 0 saturated carbocycles. The first-order valence-electron chi connectivity index (χ1n) is 12.8. The third-order valence-corrected chi connectivity index (χ3v) is 6.53. The number of carbonyl (C=O) groups excluding carboxylic acids is 1. The van der Waals surface area contributed by atoms with Crippen LogP contribution in [0.25, 0.3) is 28.3 Å². The molecule has 0 saturated heterocycles. The maximum absolute atomic E-state index is 13.8. The fourth-order valence-corrected chi connectivity index (χ4v) is 4.55. The van der Waals surface area contributed by atoms with Crippen molar-refractivity contribution in [2.45, 2.75) is 46.2 Å². The highest BCUT2D eigenvalue weighted by Crippen LogP contribution is 2.25. The van der Waals surface area contributed by atoms with Gasteiger partial charge >= 0.3 is 11.7 Å². The van der Waals surface area contributed by atoms with E-state index in [0.717, 1.165) is 40.9 Å². The summed E-state index contributed by atoms with van der Waals surface area (Å²) in [5.41, 5.74) is 4.30. The molecule has 12 heteroatoms. The van der Waals surface area contributed by atoms with Crippen LogP contribution in [0.1, 0.15) is 48.4 Å². The van der Waals surface area contributed by atoms with Gasteiger partial charge in [0.15, 0.2) is 5.82 Å². The second kappa shape index (κ2) is 11.3. The monoisotopic (exact) mass is 527 g/mol. The third kappa shape index (κ3) is 5.13. The molecule has 1 aromatic carbocycles. The summed E-state index contributed by atoms with van der Waals surface area (Å²) in [5.74, 6) is 0.361. The Morgan fingerprint density at radius 1 is 1.10 bits per heavy atom. The topological polar surface area (TPSA) is 138 Å². The van der Waals surface area contributed by atoms with Crippen molar-refractivity contribution in [3.63, 3.8) is 0 Å². The first-order chi connectivity index (χ1) is 19.0. The van der Waals surface area contributed by atoms with Gasteiger partial charge in [-0.15, -0.1) is 10.2 Å². The number of aryl methyl sites for hydroxylation is 2. The van der Waals surface area contributed by atoms with Crippen molar-refractivity contribution in [3.8, 4) is 28.3 Å². The SMILES string of the molecule is CCCCc1cn(-c2c(C(=O)OC)cnn2CC)c(=O)n1Cc1cc(-c2cccc(-c3nn[nH]n3)c2)ccn1. The fourth-order valence-electron chi connectivity index (χ4n) is 4.55. The lowest BCUT2D eigenvalue weighted by Gasteiger charge is -2.09. The Morgan fingerprint density at radius 2 is 1.92 bits per heavy atom. The van der Waals surface area contributed by atoms with Crippen molar-refractivity contribution in [3.05, 3.63) is 82.4 Å². The Hall–Kier alpha value is -4.87. The summed E-state index contributed by atoms with van der Waals surface area (Å²) in [6.07, 6.45) is 7.57. The van der Waals surface area contributed by atoms with Gasteiger partial charge in [0.2, 0.25) is 5.82 Å². The van der Waals surface area contributed by atoms with Gasteiger partial charge < -0.3 is 4.74 Å². The molecule has 0 bridgehead atoms.